The molecule has 0 spiro atoms. The lowest BCUT2D eigenvalue weighted by Crippen LogP contribution is -2.23. The number of nitro benzene ring substituents is 1. The van der Waals surface area contributed by atoms with Crippen LogP contribution in [0.25, 0.3) is 0 Å². The van der Waals surface area contributed by atoms with Gasteiger partial charge in [0.2, 0.25) is 0 Å². The summed E-state index contributed by atoms with van der Waals surface area (Å²) in [5, 5.41) is 22.4. The average molecular weight is 393 g/mol. The first-order valence-corrected chi connectivity index (χ1v) is 9.66. The zero-order valence-electron chi connectivity index (χ0n) is 15.5. The summed E-state index contributed by atoms with van der Waals surface area (Å²) >= 11 is 1.71. The van der Waals surface area contributed by atoms with E-state index in [9.17, 15) is 10.1 Å². The van der Waals surface area contributed by atoms with Crippen LogP contribution in [0.4, 0.5) is 10.7 Å². The van der Waals surface area contributed by atoms with E-state index in [1.165, 1.54) is 22.6 Å². The van der Waals surface area contributed by atoms with Crippen LogP contribution in [0.15, 0.2) is 53.9 Å². The molecule has 4 rings (SSSR count). The van der Waals surface area contributed by atoms with E-state index in [1.807, 2.05) is 23.3 Å². The van der Waals surface area contributed by atoms with Crippen molar-refractivity contribution in [1.29, 1.82) is 0 Å². The van der Waals surface area contributed by atoms with Crippen LogP contribution in [0.3, 0.4) is 0 Å². The molecule has 7 nitrogen and oxygen atoms in total. The summed E-state index contributed by atoms with van der Waals surface area (Å²) in [5.41, 5.74) is 5.04. The van der Waals surface area contributed by atoms with E-state index >= 15 is 0 Å². The normalized spacial score (nSPS) is 13.4. The van der Waals surface area contributed by atoms with Gasteiger partial charge in [0.05, 0.1) is 16.5 Å². The van der Waals surface area contributed by atoms with Gasteiger partial charge in [0.25, 0.3) is 5.69 Å². The average Bonchev–Trinajstić information content (AvgIpc) is 2.87. The van der Waals surface area contributed by atoms with Gasteiger partial charge >= 0.3 is 0 Å². The number of hydrogen-bond acceptors (Lipinski definition) is 7. The number of aromatic nitrogens is 1. The molecular weight excluding hydrogens is 374 g/mol. The first-order chi connectivity index (χ1) is 13.5. The van der Waals surface area contributed by atoms with Crippen molar-refractivity contribution in [3.8, 4) is 0 Å². The molecule has 0 saturated heterocycles. The van der Waals surface area contributed by atoms with Crippen molar-refractivity contribution >= 4 is 27.7 Å². The molecule has 1 aliphatic rings. The van der Waals surface area contributed by atoms with E-state index in [-0.39, 0.29) is 10.6 Å². The van der Waals surface area contributed by atoms with E-state index in [1.54, 1.807) is 29.7 Å². The molecular formula is C20H19N5O2S. The molecule has 1 aromatic carbocycles. The Labute approximate surface area is 166 Å². The number of non-ortho nitro benzene ring substituents is 1. The van der Waals surface area contributed by atoms with E-state index in [2.05, 4.69) is 24.1 Å². The Morgan fingerprint density at radius 1 is 1.25 bits per heavy atom. The molecule has 8 heteroatoms. The Kier molecular flexibility index (Phi) is 4.79. The Bertz CT molecular complexity index is 1040. The van der Waals surface area contributed by atoms with Gasteiger partial charge in [-0.1, -0.05) is 6.07 Å². The van der Waals surface area contributed by atoms with Crippen LogP contribution in [0.5, 0.6) is 0 Å². The lowest BCUT2D eigenvalue weighted by Gasteiger charge is -2.18. The summed E-state index contributed by atoms with van der Waals surface area (Å²) in [5.74, 6) is 0. The van der Waals surface area contributed by atoms with Crippen molar-refractivity contribution in [2.24, 2.45) is 5.10 Å². The number of hydrogen-bond donors (Lipinski definition) is 1. The highest BCUT2D eigenvalue weighted by Crippen LogP contribution is 2.36. The molecule has 0 unspecified atom stereocenters. The van der Waals surface area contributed by atoms with Gasteiger partial charge in [-0.05, 0) is 43.2 Å². The summed E-state index contributed by atoms with van der Waals surface area (Å²) in [6.45, 7) is 5.36. The number of benzene rings is 1. The number of fused-ring (bicyclic) bond motifs is 1. The molecule has 0 saturated carbocycles. The largest absolute Gasteiger partial charge is 0.358 e. The second-order valence-corrected chi connectivity index (χ2v) is 7.83. The molecule has 0 fully saturated rings. The fraction of sp³-hybridized carbons (Fsp3) is 0.200. The van der Waals surface area contributed by atoms with Crippen LogP contribution in [-0.4, -0.2) is 27.3 Å². The second-order valence-electron chi connectivity index (χ2n) is 6.60. The van der Waals surface area contributed by atoms with Gasteiger partial charge in [-0.25, -0.2) is 0 Å². The number of aryl methyl sites for hydroxylation is 1. The van der Waals surface area contributed by atoms with Gasteiger partial charge in [0, 0.05) is 40.5 Å². The predicted octanol–water partition coefficient (Wildman–Crippen LogP) is 4.31. The van der Waals surface area contributed by atoms with E-state index < -0.39 is 0 Å². The number of thiophene rings is 1. The summed E-state index contributed by atoms with van der Waals surface area (Å²) in [6, 6.07) is 10.5. The standard InChI is InChI=1S/C20H19N5O2S/c1-13-14(2)28-20-18(13)19(16-5-7-17(8-6-16)25(26)27)23-24(12-22-20)11-15-4-3-9-21-10-15/h3-10,22H,11-12H2,1-2H3. The second kappa shape index (κ2) is 7.40. The van der Waals surface area contributed by atoms with Crippen molar-refractivity contribution in [1.82, 2.24) is 9.99 Å². The van der Waals surface area contributed by atoms with Crippen LogP contribution < -0.4 is 5.32 Å². The fourth-order valence-electron chi connectivity index (χ4n) is 3.16. The predicted molar refractivity (Wildman–Crippen MR) is 111 cm³/mol. The molecule has 0 atom stereocenters. The first kappa shape index (κ1) is 18.1. The zero-order chi connectivity index (χ0) is 19.7. The number of anilines is 1. The Morgan fingerprint density at radius 2 is 2.04 bits per heavy atom. The number of rotatable bonds is 4. The summed E-state index contributed by atoms with van der Waals surface area (Å²) in [4.78, 5) is 16.0. The quantitative estimate of drug-likeness (QED) is 0.528. The molecule has 0 bridgehead atoms. The highest BCUT2D eigenvalue weighted by Gasteiger charge is 2.24. The monoisotopic (exact) mass is 393 g/mol. The van der Waals surface area contributed by atoms with E-state index in [0.29, 0.717) is 13.2 Å². The first-order valence-electron chi connectivity index (χ1n) is 8.84. The number of nitro groups is 1. The third kappa shape index (κ3) is 3.46. The fourth-order valence-corrected chi connectivity index (χ4v) is 4.21. The third-order valence-electron chi connectivity index (χ3n) is 4.73. The van der Waals surface area contributed by atoms with Crippen LogP contribution in [0, 0.1) is 24.0 Å². The minimum Gasteiger partial charge on any atom is -0.358 e. The van der Waals surface area contributed by atoms with Crippen LogP contribution >= 0.6 is 11.3 Å². The number of pyridine rings is 1. The number of nitrogens with zero attached hydrogens (tertiary/aromatic N) is 4. The zero-order valence-corrected chi connectivity index (χ0v) is 16.4. The Balaban J connectivity index is 1.78. The minimum absolute atomic E-state index is 0.0711. The van der Waals surface area contributed by atoms with Gasteiger partial charge in [0.1, 0.15) is 12.4 Å². The van der Waals surface area contributed by atoms with Crippen LogP contribution in [-0.2, 0) is 6.54 Å². The summed E-state index contributed by atoms with van der Waals surface area (Å²) < 4.78 is 0. The molecule has 1 aliphatic heterocycles. The maximum absolute atomic E-state index is 11.0. The van der Waals surface area contributed by atoms with Crippen molar-refractivity contribution in [3.63, 3.8) is 0 Å². The Hall–Kier alpha value is -3.26. The molecule has 0 radical (unpaired) electrons. The van der Waals surface area contributed by atoms with Gasteiger partial charge in [-0.15, -0.1) is 11.3 Å². The van der Waals surface area contributed by atoms with Gasteiger partial charge in [-0.2, -0.15) is 5.10 Å². The van der Waals surface area contributed by atoms with Crippen molar-refractivity contribution in [2.75, 3.05) is 12.0 Å². The maximum Gasteiger partial charge on any atom is 0.269 e. The van der Waals surface area contributed by atoms with Crippen molar-refractivity contribution in [3.05, 3.63) is 86.0 Å². The SMILES string of the molecule is Cc1sc2c(c1C)C(c1ccc([N+](=O)[O-])cc1)=NN(Cc1cccnc1)CN2. The molecule has 1 N–H and O–H groups in total. The van der Waals surface area contributed by atoms with Crippen LogP contribution in [0.1, 0.15) is 27.1 Å². The third-order valence-corrected chi connectivity index (χ3v) is 5.89. The van der Waals surface area contributed by atoms with Gasteiger partial charge in [-0.3, -0.25) is 20.1 Å². The lowest BCUT2D eigenvalue weighted by atomic mass is 10.00. The molecule has 142 valence electrons. The topological polar surface area (TPSA) is 83.7 Å². The van der Waals surface area contributed by atoms with Crippen molar-refractivity contribution in [2.45, 2.75) is 20.4 Å². The molecule has 0 amide bonds. The van der Waals surface area contributed by atoms with Crippen LogP contribution in [0.2, 0.25) is 0 Å². The lowest BCUT2D eigenvalue weighted by molar-refractivity contribution is -0.384. The molecule has 28 heavy (non-hydrogen) atoms. The molecule has 3 heterocycles. The highest BCUT2D eigenvalue weighted by atomic mass is 32.1. The number of nitrogens with one attached hydrogen (secondary N) is 1. The molecule has 3 aromatic rings. The number of hydrazone groups is 1. The van der Waals surface area contributed by atoms with Gasteiger partial charge in [0.15, 0.2) is 0 Å². The smallest absolute Gasteiger partial charge is 0.269 e. The van der Waals surface area contributed by atoms with Gasteiger partial charge < -0.3 is 5.32 Å². The van der Waals surface area contributed by atoms with Crippen molar-refractivity contribution < 1.29 is 4.92 Å². The minimum atomic E-state index is -0.389. The van der Waals surface area contributed by atoms with E-state index in [4.69, 9.17) is 5.10 Å². The van der Waals surface area contributed by atoms with E-state index in [0.717, 1.165) is 27.4 Å². The summed E-state index contributed by atoms with van der Waals surface area (Å²) in [7, 11) is 0. The Morgan fingerprint density at radius 3 is 2.71 bits per heavy atom. The highest BCUT2D eigenvalue weighted by molar-refractivity contribution is 7.16. The maximum atomic E-state index is 11.0. The molecule has 0 aliphatic carbocycles. The summed E-state index contributed by atoms with van der Waals surface area (Å²) in [6.07, 6.45) is 3.58. The molecule has 2 aromatic heterocycles.